The lowest BCUT2D eigenvalue weighted by Gasteiger charge is -2.06. The zero-order valence-electron chi connectivity index (χ0n) is 10.1. The number of halogens is 4. The molecule has 2 rings (SSSR count). The number of aromatic nitrogens is 2. The van der Waals surface area contributed by atoms with Gasteiger partial charge in [0.15, 0.2) is 17.4 Å². The fourth-order valence-electron chi connectivity index (χ4n) is 1.14. The standard InChI is InChI=1S/C8H3F4NO.C4H4N2/c1-14-8-6(11)4(9)3(2-13)5(10)7(8)12;1-2-5-4-6-3-1/h1H3;1-4H. The van der Waals surface area contributed by atoms with Gasteiger partial charge in [0.2, 0.25) is 11.6 Å². The van der Waals surface area contributed by atoms with Gasteiger partial charge in [0.25, 0.3) is 0 Å². The number of methoxy groups -OCH3 is 1. The predicted molar refractivity (Wildman–Crippen MR) is 59.6 cm³/mol. The van der Waals surface area contributed by atoms with Crippen molar-refractivity contribution in [2.75, 3.05) is 7.11 Å². The SMILES string of the molecule is COc1c(F)c(F)c(C#N)c(F)c1F.c1cncnc1. The minimum atomic E-state index is -1.76. The molecule has 0 saturated carbocycles. The second-order valence-corrected chi connectivity index (χ2v) is 3.18. The van der Waals surface area contributed by atoms with Crippen molar-refractivity contribution in [3.8, 4) is 11.8 Å². The molecule has 0 fully saturated rings. The Hall–Kier alpha value is -2.69. The summed E-state index contributed by atoms with van der Waals surface area (Å²) in [7, 11) is 0.854. The Kier molecular flexibility index (Phi) is 5.41. The molecule has 0 bridgehead atoms. The van der Waals surface area contributed by atoms with Crippen LogP contribution in [0.5, 0.6) is 5.75 Å². The van der Waals surface area contributed by atoms with Gasteiger partial charge in [-0.3, -0.25) is 0 Å². The highest BCUT2D eigenvalue weighted by Crippen LogP contribution is 2.28. The Balaban J connectivity index is 0.000000276. The van der Waals surface area contributed by atoms with E-state index < -0.39 is 34.6 Å². The van der Waals surface area contributed by atoms with Crippen LogP contribution in [0.4, 0.5) is 17.6 Å². The summed E-state index contributed by atoms with van der Waals surface area (Å²) in [6.45, 7) is 0. The third-order valence-electron chi connectivity index (χ3n) is 2.02. The molecule has 0 aliphatic carbocycles. The molecular weight excluding hydrogens is 278 g/mol. The fraction of sp³-hybridized carbons (Fsp3) is 0.0833. The summed E-state index contributed by atoms with van der Waals surface area (Å²) in [6, 6.07) is 2.79. The summed E-state index contributed by atoms with van der Waals surface area (Å²) in [4.78, 5) is 7.35. The molecule has 0 aliphatic heterocycles. The first-order valence-corrected chi connectivity index (χ1v) is 5.04. The van der Waals surface area contributed by atoms with Gasteiger partial charge in [-0.05, 0) is 6.07 Å². The number of benzene rings is 1. The molecule has 1 heterocycles. The monoisotopic (exact) mass is 285 g/mol. The Morgan fingerprint density at radius 1 is 1.00 bits per heavy atom. The molecule has 2 aromatic rings. The first kappa shape index (κ1) is 15.4. The first-order chi connectivity index (χ1) is 9.54. The molecule has 0 N–H and O–H groups in total. The molecule has 0 amide bonds. The van der Waals surface area contributed by atoms with Crippen molar-refractivity contribution in [1.29, 1.82) is 5.26 Å². The maximum Gasteiger partial charge on any atom is 0.205 e. The van der Waals surface area contributed by atoms with Crippen LogP contribution in [0, 0.1) is 34.6 Å². The normalized spacial score (nSPS) is 9.20. The van der Waals surface area contributed by atoms with Crippen molar-refractivity contribution in [3.05, 3.63) is 53.6 Å². The van der Waals surface area contributed by atoms with Gasteiger partial charge in [-0.1, -0.05) is 0 Å². The summed E-state index contributed by atoms with van der Waals surface area (Å²) >= 11 is 0. The lowest BCUT2D eigenvalue weighted by molar-refractivity contribution is 0.331. The summed E-state index contributed by atoms with van der Waals surface area (Å²) in [5.41, 5.74) is -1.30. The van der Waals surface area contributed by atoms with Crippen molar-refractivity contribution in [2.24, 2.45) is 0 Å². The molecule has 0 saturated heterocycles. The molecule has 0 spiro atoms. The Labute approximate surface area is 111 Å². The first-order valence-electron chi connectivity index (χ1n) is 5.04. The van der Waals surface area contributed by atoms with E-state index in [9.17, 15) is 17.6 Å². The molecule has 1 aromatic heterocycles. The summed E-state index contributed by atoms with van der Waals surface area (Å²) in [5.74, 6) is -8.14. The summed E-state index contributed by atoms with van der Waals surface area (Å²) < 4.78 is 55.4. The van der Waals surface area contributed by atoms with Gasteiger partial charge in [0, 0.05) is 12.4 Å². The highest BCUT2D eigenvalue weighted by molar-refractivity contribution is 5.40. The number of nitrogens with zero attached hydrogens (tertiary/aromatic N) is 3. The molecular formula is C12H7F4N3O. The van der Waals surface area contributed by atoms with Crippen LogP contribution in [0.25, 0.3) is 0 Å². The minimum Gasteiger partial charge on any atom is -0.491 e. The lowest BCUT2D eigenvalue weighted by atomic mass is 10.2. The van der Waals surface area contributed by atoms with E-state index in [0.717, 1.165) is 13.2 Å². The number of ether oxygens (including phenoxy) is 1. The molecule has 0 aliphatic rings. The lowest BCUT2D eigenvalue weighted by Crippen LogP contribution is -2.03. The zero-order valence-corrected chi connectivity index (χ0v) is 10.1. The van der Waals surface area contributed by atoms with Crippen LogP contribution < -0.4 is 4.74 Å². The quantitative estimate of drug-likeness (QED) is 0.597. The molecule has 0 radical (unpaired) electrons. The van der Waals surface area contributed by atoms with E-state index in [-0.39, 0.29) is 0 Å². The average Bonchev–Trinajstić information content (AvgIpc) is 2.49. The highest BCUT2D eigenvalue weighted by Gasteiger charge is 2.25. The van der Waals surface area contributed by atoms with Gasteiger partial charge in [-0.2, -0.15) is 14.0 Å². The Morgan fingerprint density at radius 3 is 1.75 bits per heavy atom. The Morgan fingerprint density at radius 2 is 1.50 bits per heavy atom. The minimum absolute atomic E-state index is 0.854. The molecule has 8 heteroatoms. The van der Waals surface area contributed by atoms with E-state index in [1.165, 1.54) is 6.33 Å². The van der Waals surface area contributed by atoms with Gasteiger partial charge in [-0.15, -0.1) is 0 Å². The van der Waals surface area contributed by atoms with Gasteiger partial charge >= 0.3 is 0 Å². The van der Waals surface area contributed by atoms with Crippen molar-refractivity contribution >= 4 is 0 Å². The van der Waals surface area contributed by atoms with E-state index in [2.05, 4.69) is 14.7 Å². The number of nitriles is 1. The van der Waals surface area contributed by atoms with Crippen molar-refractivity contribution in [2.45, 2.75) is 0 Å². The van der Waals surface area contributed by atoms with Gasteiger partial charge < -0.3 is 4.74 Å². The van der Waals surface area contributed by atoms with Crippen molar-refractivity contribution in [1.82, 2.24) is 9.97 Å². The molecule has 1 aromatic carbocycles. The van der Waals surface area contributed by atoms with E-state index in [4.69, 9.17) is 5.26 Å². The third-order valence-corrected chi connectivity index (χ3v) is 2.02. The second-order valence-electron chi connectivity index (χ2n) is 3.18. The van der Waals surface area contributed by atoms with Crippen LogP contribution in [0.3, 0.4) is 0 Å². The smallest absolute Gasteiger partial charge is 0.205 e. The largest absolute Gasteiger partial charge is 0.491 e. The molecule has 0 unspecified atom stereocenters. The van der Waals surface area contributed by atoms with E-state index >= 15 is 0 Å². The van der Waals surface area contributed by atoms with Crippen LogP contribution in [0.15, 0.2) is 24.8 Å². The molecule has 0 atom stereocenters. The van der Waals surface area contributed by atoms with E-state index in [0.29, 0.717) is 0 Å². The summed E-state index contributed by atoms with van der Waals surface area (Å²) in [6.07, 6.45) is 4.88. The maximum absolute atomic E-state index is 12.8. The van der Waals surface area contributed by atoms with Gasteiger partial charge in [0.05, 0.1) is 7.11 Å². The van der Waals surface area contributed by atoms with Crippen molar-refractivity contribution in [3.63, 3.8) is 0 Å². The van der Waals surface area contributed by atoms with Gasteiger partial charge in [0.1, 0.15) is 18.0 Å². The molecule has 4 nitrogen and oxygen atoms in total. The number of hydrogen-bond donors (Lipinski definition) is 0. The van der Waals surface area contributed by atoms with Crippen molar-refractivity contribution < 1.29 is 22.3 Å². The maximum atomic E-state index is 12.8. The van der Waals surface area contributed by atoms with Crippen LogP contribution in [-0.2, 0) is 0 Å². The number of rotatable bonds is 1. The van der Waals surface area contributed by atoms with Crippen LogP contribution in [0.2, 0.25) is 0 Å². The fourth-order valence-corrected chi connectivity index (χ4v) is 1.14. The van der Waals surface area contributed by atoms with Crippen LogP contribution >= 0.6 is 0 Å². The Bertz CT molecular complexity index is 566. The predicted octanol–water partition coefficient (Wildman–Crippen LogP) is 2.60. The molecule has 20 heavy (non-hydrogen) atoms. The average molecular weight is 285 g/mol. The van der Waals surface area contributed by atoms with E-state index in [1.54, 1.807) is 18.5 Å². The van der Waals surface area contributed by atoms with Crippen LogP contribution in [-0.4, -0.2) is 17.1 Å². The summed E-state index contributed by atoms with van der Waals surface area (Å²) in [5, 5.41) is 8.21. The second kappa shape index (κ2) is 7.04. The third kappa shape index (κ3) is 3.20. The number of hydrogen-bond acceptors (Lipinski definition) is 4. The van der Waals surface area contributed by atoms with Crippen LogP contribution in [0.1, 0.15) is 5.56 Å². The topological polar surface area (TPSA) is 58.8 Å². The highest BCUT2D eigenvalue weighted by atomic mass is 19.2. The van der Waals surface area contributed by atoms with Gasteiger partial charge in [-0.25, -0.2) is 18.7 Å². The van der Waals surface area contributed by atoms with E-state index in [1.807, 2.05) is 0 Å². The zero-order chi connectivity index (χ0) is 15.1. The molecule has 104 valence electrons.